The van der Waals surface area contributed by atoms with Crippen LogP contribution >= 0.6 is 22.7 Å². The van der Waals surface area contributed by atoms with E-state index in [1.807, 2.05) is 6.92 Å². The molecule has 4 aromatic heterocycles. The molecule has 0 unspecified atom stereocenters. The minimum absolute atomic E-state index is 0.0124. The van der Waals surface area contributed by atoms with Crippen LogP contribution in [0.2, 0.25) is 0 Å². The lowest BCUT2D eigenvalue weighted by molar-refractivity contribution is -0.142. The zero-order valence-corrected chi connectivity index (χ0v) is 16.7. The van der Waals surface area contributed by atoms with Gasteiger partial charge in [-0.3, -0.25) is 9.48 Å². The van der Waals surface area contributed by atoms with E-state index in [2.05, 4.69) is 25.4 Å². The molecule has 152 valence electrons. The van der Waals surface area contributed by atoms with Gasteiger partial charge in [0, 0.05) is 41.3 Å². The van der Waals surface area contributed by atoms with Crippen molar-refractivity contribution in [3.8, 4) is 0 Å². The Kier molecular flexibility index (Phi) is 5.23. The SMILES string of the molecule is Cc1cc2c(=O)[nH]c(Cn3cc(CNCc4nccs4)c(C(F)(F)F)n3)nc2s1. The normalized spacial score (nSPS) is 12.1. The number of fused-ring (bicyclic) bond motifs is 1. The molecule has 0 aliphatic heterocycles. The third-order valence-corrected chi connectivity index (χ3v) is 5.79. The van der Waals surface area contributed by atoms with Crippen molar-refractivity contribution in [3.63, 3.8) is 0 Å². The summed E-state index contributed by atoms with van der Waals surface area (Å²) in [4.78, 5) is 24.7. The summed E-state index contributed by atoms with van der Waals surface area (Å²) in [5, 5.41) is 9.70. The second-order valence-electron chi connectivity index (χ2n) is 6.32. The molecule has 4 rings (SSSR count). The Hall–Kier alpha value is -2.57. The fourth-order valence-electron chi connectivity index (χ4n) is 2.88. The largest absolute Gasteiger partial charge is 0.435 e. The molecule has 4 heterocycles. The summed E-state index contributed by atoms with van der Waals surface area (Å²) in [6.07, 6.45) is -1.62. The van der Waals surface area contributed by atoms with Crippen LogP contribution in [0.5, 0.6) is 0 Å². The van der Waals surface area contributed by atoms with Gasteiger partial charge in [0.05, 0.1) is 11.9 Å². The van der Waals surface area contributed by atoms with E-state index < -0.39 is 11.9 Å². The Morgan fingerprint density at radius 1 is 1.31 bits per heavy atom. The van der Waals surface area contributed by atoms with Crippen LogP contribution in [-0.2, 0) is 25.8 Å². The molecule has 0 bridgehead atoms. The second kappa shape index (κ2) is 7.69. The first-order valence-electron chi connectivity index (χ1n) is 8.51. The van der Waals surface area contributed by atoms with E-state index in [0.29, 0.717) is 16.8 Å². The molecule has 0 spiro atoms. The number of aromatic amines is 1. The number of H-pyrrole nitrogens is 1. The van der Waals surface area contributed by atoms with Crippen molar-refractivity contribution in [2.75, 3.05) is 0 Å². The lowest BCUT2D eigenvalue weighted by Gasteiger charge is -2.06. The molecular formula is C17H15F3N6OS2. The molecule has 0 aliphatic carbocycles. The molecule has 12 heteroatoms. The number of aryl methyl sites for hydroxylation is 1. The number of thiophene rings is 1. The van der Waals surface area contributed by atoms with Crippen molar-refractivity contribution >= 4 is 32.9 Å². The summed E-state index contributed by atoms with van der Waals surface area (Å²) < 4.78 is 41.3. The highest BCUT2D eigenvalue weighted by Gasteiger charge is 2.37. The zero-order valence-electron chi connectivity index (χ0n) is 15.1. The summed E-state index contributed by atoms with van der Waals surface area (Å²) in [5.41, 5.74) is -1.26. The van der Waals surface area contributed by atoms with E-state index >= 15 is 0 Å². The first kappa shape index (κ1) is 19.7. The number of alkyl halides is 3. The number of rotatable bonds is 6. The number of thiazole rings is 1. The molecule has 4 aromatic rings. The topological polar surface area (TPSA) is 88.5 Å². The second-order valence-corrected chi connectivity index (χ2v) is 8.53. The van der Waals surface area contributed by atoms with Gasteiger partial charge in [-0.1, -0.05) is 0 Å². The van der Waals surface area contributed by atoms with Crippen LogP contribution < -0.4 is 10.9 Å². The van der Waals surface area contributed by atoms with Gasteiger partial charge in [0.2, 0.25) is 0 Å². The summed E-state index contributed by atoms with van der Waals surface area (Å²) in [6.45, 7) is 2.14. The molecule has 0 saturated carbocycles. The van der Waals surface area contributed by atoms with E-state index in [1.165, 1.54) is 28.9 Å². The molecule has 0 radical (unpaired) electrons. The van der Waals surface area contributed by atoms with Crippen LogP contribution in [0.4, 0.5) is 13.2 Å². The molecule has 0 aliphatic rings. The predicted octanol–water partition coefficient (Wildman–Crippen LogP) is 3.30. The Morgan fingerprint density at radius 2 is 2.14 bits per heavy atom. The molecule has 0 aromatic carbocycles. The van der Waals surface area contributed by atoms with Gasteiger partial charge < -0.3 is 10.3 Å². The number of halogens is 3. The quantitative estimate of drug-likeness (QED) is 0.480. The van der Waals surface area contributed by atoms with Gasteiger partial charge in [-0.05, 0) is 13.0 Å². The summed E-state index contributed by atoms with van der Waals surface area (Å²) in [7, 11) is 0. The minimum atomic E-state index is -4.58. The smallest absolute Gasteiger partial charge is 0.308 e. The Morgan fingerprint density at radius 3 is 2.86 bits per heavy atom. The molecule has 7 nitrogen and oxygen atoms in total. The molecule has 2 N–H and O–H groups in total. The van der Waals surface area contributed by atoms with Crippen LogP contribution in [0.3, 0.4) is 0 Å². The van der Waals surface area contributed by atoms with E-state index in [4.69, 9.17) is 0 Å². The number of nitrogens with zero attached hydrogens (tertiary/aromatic N) is 4. The van der Waals surface area contributed by atoms with Gasteiger partial charge in [-0.2, -0.15) is 18.3 Å². The molecule has 0 saturated heterocycles. The number of hydrogen-bond acceptors (Lipinski definition) is 7. The monoisotopic (exact) mass is 440 g/mol. The minimum Gasteiger partial charge on any atom is -0.308 e. The lowest BCUT2D eigenvalue weighted by atomic mass is 10.2. The summed E-state index contributed by atoms with van der Waals surface area (Å²) in [6, 6.07) is 1.73. The van der Waals surface area contributed by atoms with Crippen molar-refractivity contribution in [1.82, 2.24) is 30.0 Å². The first-order chi connectivity index (χ1) is 13.8. The van der Waals surface area contributed by atoms with Crippen molar-refractivity contribution in [2.45, 2.75) is 32.7 Å². The average Bonchev–Trinajstić information content (AvgIpc) is 3.34. The molecule has 0 fully saturated rings. The zero-order chi connectivity index (χ0) is 20.6. The predicted molar refractivity (Wildman–Crippen MR) is 104 cm³/mol. The van der Waals surface area contributed by atoms with Crippen LogP contribution in [0, 0.1) is 6.92 Å². The van der Waals surface area contributed by atoms with Crippen LogP contribution in [0.25, 0.3) is 10.2 Å². The highest BCUT2D eigenvalue weighted by molar-refractivity contribution is 7.18. The van der Waals surface area contributed by atoms with Gasteiger partial charge in [0.25, 0.3) is 5.56 Å². The molecule has 0 amide bonds. The van der Waals surface area contributed by atoms with E-state index in [1.54, 1.807) is 17.6 Å². The highest BCUT2D eigenvalue weighted by atomic mass is 32.1. The number of hydrogen-bond donors (Lipinski definition) is 2. The highest BCUT2D eigenvalue weighted by Crippen LogP contribution is 2.31. The van der Waals surface area contributed by atoms with Crippen LogP contribution in [0.1, 0.15) is 27.0 Å². The van der Waals surface area contributed by atoms with Gasteiger partial charge in [0.1, 0.15) is 15.7 Å². The van der Waals surface area contributed by atoms with E-state index in [9.17, 15) is 18.0 Å². The van der Waals surface area contributed by atoms with Crippen molar-refractivity contribution < 1.29 is 13.2 Å². The Bertz CT molecular complexity index is 1190. The van der Waals surface area contributed by atoms with E-state index in [-0.39, 0.29) is 30.0 Å². The van der Waals surface area contributed by atoms with Crippen molar-refractivity contribution in [3.05, 3.63) is 61.2 Å². The maximum atomic E-state index is 13.4. The maximum Gasteiger partial charge on any atom is 0.435 e. The van der Waals surface area contributed by atoms with E-state index in [0.717, 1.165) is 14.6 Å². The van der Waals surface area contributed by atoms with Crippen molar-refractivity contribution in [1.29, 1.82) is 0 Å². The molecule has 29 heavy (non-hydrogen) atoms. The Labute approximate surface area is 170 Å². The fourth-order valence-corrected chi connectivity index (χ4v) is 4.37. The number of nitrogens with one attached hydrogen (secondary N) is 2. The van der Waals surface area contributed by atoms with Gasteiger partial charge >= 0.3 is 6.18 Å². The van der Waals surface area contributed by atoms with Crippen LogP contribution in [0.15, 0.2) is 28.6 Å². The third kappa shape index (κ3) is 4.38. The molecule has 0 atom stereocenters. The lowest BCUT2D eigenvalue weighted by Crippen LogP contribution is -2.16. The van der Waals surface area contributed by atoms with Gasteiger partial charge in [-0.15, -0.1) is 22.7 Å². The third-order valence-electron chi connectivity index (χ3n) is 4.07. The Balaban J connectivity index is 1.57. The number of aromatic nitrogens is 5. The maximum absolute atomic E-state index is 13.4. The summed E-state index contributed by atoms with van der Waals surface area (Å²) in [5.74, 6) is 0.253. The van der Waals surface area contributed by atoms with Crippen molar-refractivity contribution in [2.24, 2.45) is 0 Å². The van der Waals surface area contributed by atoms with Crippen LogP contribution in [-0.4, -0.2) is 24.7 Å². The summed E-state index contributed by atoms with van der Waals surface area (Å²) >= 11 is 2.78. The average molecular weight is 440 g/mol. The van der Waals surface area contributed by atoms with Gasteiger partial charge in [-0.25, -0.2) is 9.97 Å². The van der Waals surface area contributed by atoms with Gasteiger partial charge in [0.15, 0.2) is 5.69 Å². The standard InChI is InChI=1S/C17H15F3N6OS2/c1-9-4-11-15(27)23-12(24-16(11)29-9)8-26-7-10(14(25-26)17(18,19)20)5-21-6-13-22-2-3-28-13/h2-4,7,21H,5-6,8H2,1H3,(H,23,24,27). The molecular weight excluding hydrogens is 425 g/mol. The first-order valence-corrected chi connectivity index (χ1v) is 10.2. The fraction of sp³-hybridized carbons (Fsp3) is 0.294.